The quantitative estimate of drug-likeness (QED) is 0.0267. The summed E-state index contributed by atoms with van der Waals surface area (Å²) >= 11 is 0. The average Bonchev–Trinajstić information content (AvgIpc) is 1.41. The monoisotopic (exact) mass is 1600 g/mol. The molecule has 9 heterocycles. The molecule has 3 saturated carbocycles. The molecule has 18 rings (SSSR count). The van der Waals surface area contributed by atoms with E-state index in [1.165, 1.54) is 13.8 Å². The van der Waals surface area contributed by atoms with E-state index < -0.39 is 34.8 Å². The Morgan fingerprint density at radius 3 is 1.24 bits per heavy atom. The molecule has 0 saturated heterocycles. The first-order valence-electron chi connectivity index (χ1n) is 40.2. The van der Waals surface area contributed by atoms with Crippen LogP contribution in [0.4, 0.5) is 23.1 Å². The van der Waals surface area contributed by atoms with Gasteiger partial charge in [-0.1, -0.05) is 72.8 Å². The summed E-state index contributed by atoms with van der Waals surface area (Å²) in [6.07, 6.45) is 9.35. The van der Waals surface area contributed by atoms with Gasteiger partial charge in [0.1, 0.15) is 39.6 Å². The number of fused-ring (bicyclic) bond motifs is 3. The number of carbonyl (C=O) groups is 3. The Kier molecular flexibility index (Phi) is 20.0. The van der Waals surface area contributed by atoms with Crippen molar-refractivity contribution in [1.29, 1.82) is 0 Å². The zero-order valence-corrected chi connectivity index (χ0v) is 66.4. The van der Waals surface area contributed by atoms with E-state index >= 15 is 0 Å². The van der Waals surface area contributed by atoms with Gasteiger partial charge in [-0.15, -0.1) is 0 Å². The van der Waals surface area contributed by atoms with Crippen molar-refractivity contribution in [1.82, 2.24) is 69.2 Å². The summed E-state index contributed by atoms with van der Waals surface area (Å²) in [7, 11) is 0. The van der Waals surface area contributed by atoms with Gasteiger partial charge in [-0.3, -0.25) is 28.1 Å². The maximum absolute atomic E-state index is 13.5. The zero-order chi connectivity index (χ0) is 82.9. The van der Waals surface area contributed by atoms with Crippen LogP contribution in [0.1, 0.15) is 110 Å². The number of nitrogen functional groups attached to an aromatic ring is 1. The highest BCUT2D eigenvalue weighted by Gasteiger charge is 2.47. The van der Waals surface area contributed by atoms with Gasteiger partial charge in [0.25, 0.3) is 17.7 Å². The van der Waals surface area contributed by atoms with Crippen LogP contribution in [0.5, 0.6) is 0 Å². The van der Waals surface area contributed by atoms with Crippen molar-refractivity contribution in [3.05, 3.63) is 265 Å². The minimum atomic E-state index is -1.59. The molecule has 6 aromatic carbocycles. The van der Waals surface area contributed by atoms with Crippen molar-refractivity contribution in [3.63, 3.8) is 0 Å². The summed E-state index contributed by atoms with van der Waals surface area (Å²) in [5.41, 5.74) is 41.1. The number of hydrogen-bond donors (Lipinski definition) is 12. The van der Waals surface area contributed by atoms with E-state index in [2.05, 4.69) is 68.0 Å². The minimum Gasteiger partial charge on any atom is -0.392 e. The Hall–Kier alpha value is -13.8. The maximum Gasteiger partial charge on any atom is 0.255 e. The van der Waals surface area contributed by atoms with E-state index in [0.29, 0.717) is 132 Å². The first kappa shape index (κ1) is 77.4. The molecule has 3 amide bonds. The molecule has 3 aliphatic carbocycles. The van der Waals surface area contributed by atoms with Crippen LogP contribution in [-0.2, 0) is 21.4 Å². The van der Waals surface area contributed by atoms with E-state index in [1.54, 1.807) is 68.8 Å². The number of imidazole rings is 3. The van der Waals surface area contributed by atoms with Gasteiger partial charge in [0.15, 0.2) is 34.4 Å². The van der Waals surface area contributed by atoms with Gasteiger partial charge in [0.05, 0.1) is 57.1 Å². The fraction of sp³-hybridized carbons (Fsp3) is 0.226. The van der Waals surface area contributed by atoms with Crippen LogP contribution < -0.4 is 49.5 Å². The summed E-state index contributed by atoms with van der Waals surface area (Å²) in [4.78, 5) is 85.6. The molecule has 6 unspecified atom stereocenters. The number of hydrogen-bond acceptors (Lipinski definition) is 21. The highest BCUT2D eigenvalue weighted by atomic mass is 16.3. The highest BCUT2D eigenvalue weighted by molar-refractivity contribution is 5.98. The van der Waals surface area contributed by atoms with Crippen LogP contribution in [0.25, 0.3) is 118 Å². The smallest absolute Gasteiger partial charge is 0.255 e. The van der Waals surface area contributed by atoms with Crippen molar-refractivity contribution in [3.8, 4) is 85.0 Å². The molecule has 6 atom stereocenters. The van der Waals surface area contributed by atoms with Gasteiger partial charge in [-0.25, -0.2) is 44.9 Å². The molecular weight excluding hydrogens is 1510 g/mol. The minimum absolute atomic E-state index is 0.0903. The summed E-state index contributed by atoms with van der Waals surface area (Å²) in [6, 6.07) is 68.6. The number of nitrogens with two attached hydrogens (primary N) is 4. The number of rotatable bonds is 24. The SMILES string of the molecule is CC(O)CNC(=O)c1cccc(-c2ccc3nc(-c4cccnc4NC4CCC4(N)c4ccc(-n5c(-c6cccnc6N)nc6ccc(-c7cccc(NC(=O)C(C)(C)O)c7)nc65)cc4)n(-c4ccc(C5(N)CCC5Nc5ncccc5-c5nc6ccc(-c7cccc(C(=O)NCC(C)O)c7)nc6n5-c5ccc(C6(N)CCC6)cc5)cc4)c3n2)c1. The van der Waals surface area contributed by atoms with Gasteiger partial charge in [-0.2, -0.15) is 0 Å². The Morgan fingerprint density at radius 2 is 0.858 bits per heavy atom. The normalized spacial score (nSPS) is 17.9. The maximum atomic E-state index is 13.5. The summed E-state index contributed by atoms with van der Waals surface area (Å²) in [5, 5.41) is 46.4. The van der Waals surface area contributed by atoms with E-state index in [-0.39, 0.29) is 42.5 Å². The first-order valence-corrected chi connectivity index (χ1v) is 40.2. The zero-order valence-electron chi connectivity index (χ0n) is 66.4. The summed E-state index contributed by atoms with van der Waals surface area (Å²) in [5.74, 6) is 1.91. The van der Waals surface area contributed by atoms with E-state index in [1.807, 2.05) is 159 Å². The van der Waals surface area contributed by atoms with E-state index in [0.717, 1.165) is 82.5 Å². The first-order chi connectivity index (χ1) is 57.9. The third-order valence-corrected chi connectivity index (χ3v) is 23.5. The number of amides is 3. The molecule has 27 heteroatoms. The second-order valence-electron chi connectivity index (χ2n) is 32.2. The van der Waals surface area contributed by atoms with Gasteiger partial charge in [-0.05, 0) is 235 Å². The number of carbonyl (C=O) groups excluding carboxylic acids is 3. The number of benzene rings is 6. The number of nitrogens with zero attached hydrogens (tertiary/aromatic N) is 12. The lowest BCUT2D eigenvalue weighted by Gasteiger charge is -2.48. The molecule has 0 aliphatic heterocycles. The number of aliphatic hydroxyl groups is 3. The molecule has 15 aromatic rings. The predicted octanol–water partition coefficient (Wildman–Crippen LogP) is 12.8. The van der Waals surface area contributed by atoms with Crippen LogP contribution in [0.3, 0.4) is 0 Å². The lowest BCUT2D eigenvalue weighted by Crippen LogP contribution is -2.59. The fourth-order valence-corrected chi connectivity index (χ4v) is 16.3. The molecule has 3 aliphatic rings. The average molecular weight is 1600 g/mol. The van der Waals surface area contributed by atoms with Gasteiger partial charge in [0.2, 0.25) is 0 Å². The molecule has 0 bridgehead atoms. The predicted molar refractivity (Wildman–Crippen MR) is 465 cm³/mol. The summed E-state index contributed by atoms with van der Waals surface area (Å²) in [6.45, 7) is 6.31. The molecule has 602 valence electrons. The van der Waals surface area contributed by atoms with Crippen LogP contribution in [-0.4, -0.2) is 135 Å². The van der Waals surface area contributed by atoms with Crippen LogP contribution >= 0.6 is 0 Å². The second-order valence-corrected chi connectivity index (χ2v) is 32.2. The van der Waals surface area contributed by atoms with E-state index in [9.17, 15) is 29.7 Å². The van der Waals surface area contributed by atoms with Crippen LogP contribution in [0, 0.1) is 0 Å². The fourth-order valence-electron chi connectivity index (χ4n) is 16.3. The number of aromatic nitrogens is 12. The van der Waals surface area contributed by atoms with Gasteiger partial charge < -0.3 is 64.8 Å². The Labute approximate surface area is 690 Å². The molecule has 120 heavy (non-hydrogen) atoms. The Balaban J connectivity index is 0.666. The van der Waals surface area contributed by atoms with Crippen molar-refractivity contribution >= 4 is 74.4 Å². The third kappa shape index (κ3) is 14.5. The van der Waals surface area contributed by atoms with Crippen LogP contribution in [0.2, 0.25) is 0 Å². The van der Waals surface area contributed by atoms with Crippen LogP contribution in [0.15, 0.2) is 237 Å². The Morgan fingerprint density at radius 1 is 0.467 bits per heavy atom. The third-order valence-electron chi connectivity index (χ3n) is 23.5. The largest absolute Gasteiger partial charge is 0.392 e. The highest BCUT2D eigenvalue weighted by Crippen LogP contribution is 2.47. The number of anilines is 4. The molecule has 27 nitrogen and oxygen atoms in total. The summed E-state index contributed by atoms with van der Waals surface area (Å²) < 4.78 is 6.02. The van der Waals surface area contributed by atoms with Crippen molar-refractivity contribution in [2.45, 2.75) is 119 Å². The van der Waals surface area contributed by atoms with Crippen molar-refractivity contribution < 1.29 is 29.7 Å². The van der Waals surface area contributed by atoms with Gasteiger partial charge in [0, 0.05) is 99.9 Å². The lowest BCUT2D eigenvalue weighted by atomic mass is 9.68. The molecular formula is C93H89N21O6. The second kappa shape index (κ2) is 30.9. The lowest BCUT2D eigenvalue weighted by molar-refractivity contribution is -0.130. The molecule has 0 spiro atoms. The number of nitrogens with one attached hydrogen (secondary N) is 5. The Bertz CT molecular complexity index is 6490. The standard InChI is InChI=1S/C93H89N21O6/c1-53(115)51-101-87(117)58-15-5-12-55(48-58)70-33-36-74-85(104-70)113(64-27-21-60(22-28-64)91(95)41-11-42-91)82(108-74)68-19-9-46-99-79(68)110-77-40-44-93(77,97)62-25-31-66(32-26-62)114-83(109-75-37-34-71(105-86(75)114)56-13-6-16-59(49-56)88(118)102-52-54(2)116)69-20-10-47-100-80(69)111-76-39-43-92(76,96)61-23-29-65(30-24-61)112-81(67-18-8-45-98-78(67)94)107-73-38-35-72(106-84(73)112)57-14-7-17-63(50-57)103-89(119)90(3,4)120/h5-10,12-38,45-50,53-54,76-77,115-116,120H,11,39-44,51-52,95-97H2,1-4H3,(H2,94,98)(H,99,110)(H,100,111)(H,101,117)(H,102,118)(H,103,119). The van der Waals surface area contributed by atoms with Crippen molar-refractivity contribution in [2.75, 3.05) is 34.8 Å². The topological polar surface area (TPSA) is 407 Å². The molecule has 16 N–H and O–H groups in total. The molecule has 9 aromatic heterocycles. The van der Waals surface area contributed by atoms with E-state index in [4.69, 9.17) is 62.8 Å². The van der Waals surface area contributed by atoms with Gasteiger partial charge >= 0.3 is 0 Å². The molecule has 3 fully saturated rings. The van der Waals surface area contributed by atoms with Crippen molar-refractivity contribution in [2.24, 2.45) is 17.2 Å². The number of pyridine rings is 6. The number of aliphatic hydroxyl groups excluding tert-OH is 2. The molecule has 0 radical (unpaired) electrons.